The minimum Gasteiger partial charge on any atom is -0.458 e. The van der Waals surface area contributed by atoms with Crippen LogP contribution in [-0.4, -0.2) is 30.1 Å². The van der Waals surface area contributed by atoms with Crippen molar-refractivity contribution < 1.29 is 14.3 Å². The van der Waals surface area contributed by atoms with Gasteiger partial charge in [-0.3, -0.25) is 4.79 Å². The molecule has 1 atom stereocenters. The molecule has 0 aromatic heterocycles. The second-order valence-electron chi connectivity index (χ2n) is 4.03. The molecule has 0 radical (unpaired) electrons. The van der Waals surface area contributed by atoms with Gasteiger partial charge in [-0.15, -0.1) is 0 Å². The van der Waals surface area contributed by atoms with Crippen LogP contribution in [0.3, 0.4) is 0 Å². The highest BCUT2D eigenvalue weighted by atomic mass is 16.6. The van der Waals surface area contributed by atoms with Crippen LogP contribution in [0.5, 0.6) is 0 Å². The van der Waals surface area contributed by atoms with Gasteiger partial charge in [0.1, 0.15) is 11.6 Å². The van der Waals surface area contributed by atoms with Crippen molar-refractivity contribution in [2.45, 2.75) is 39.3 Å². The highest BCUT2D eigenvalue weighted by Crippen LogP contribution is 2.07. The standard InChI is InChI=1S/C9H18N2O3/c1-6(11-7(12)5-10)8(13)14-9(2,3)4/h6H,5,10H2,1-4H3,(H,11,12)/t6-/m0/s1. The molecule has 0 fully saturated rings. The Morgan fingerprint density at radius 3 is 2.29 bits per heavy atom. The van der Waals surface area contributed by atoms with E-state index in [1.165, 1.54) is 0 Å². The smallest absolute Gasteiger partial charge is 0.328 e. The van der Waals surface area contributed by atoms with Crippen molar-refractivity contribution in [1.82, 2.24) is 5.32 Å². The van der Waals surface area contributed by atoms with Crippen LogP contribution >= 0.6 is 0 Å². The predicted octanol–water partition coefficient (Wildman–Crippen LogP) is -0.208. The number of esters is 1. The Morgan fingerprint density at radius 1 is 1.43 bits per heavy atom. The van der Waals surface area contributed by atoms with Crippen molar-refractivity contribution in [2.75, 3.05) is 6.54 Å². The summed E-state index contributed by atoms with van der Waals surface area (Å²) in [5, 5.41) is 2.41. The molecule has 5 heteroatoms. The number of amides is 1. The molecule has 0 saturated heterocycles. The summed E-state index contributed by atoms with van der Waals surface area (Å²) in [5.74, 6) is -0.831. The monoisotopic (exact) mass is 202 g/mol. The third-order valence-electron chi connectivity index (χ3n) is 1.32. The summed E-state index contributed by atoms with van der Waals surface area (Å²) in [6.07, 6.45) is 0. The van der Waals surface area contributed by atoms with E-state index < -0.39 is 17.6 Å². The van der Waals surface area contributed by atoms with Crippen molar-refractivity contribution in [3.8, 4) is 0 Å². The molecule has 0 unspecified atom stereocenters. The zero-order valence-electron chi connectivity index (χ0n) is 9.09. The zero-order chi connectivity index (χ0) is 11.4. The van der Waals surface area contributed by atoms with Gasteiger partial charge in [0.25, 0.3) is 0 Å². The molecular formula is C9H18N2O3. The van der Waals surface area contributed by atoms with Crippen LogP contribution in [0.25, 0.3) is 0 Å². The molecular weight excluding hydrogens is 184 g/mol. The summed E-state index contributed by atoms with van der Waals surface area (Å²) in [4.78, 5) is 22.2. The van der Waals surface area contributed by atoms with E-state index in [2.05, 4.69) is 5.32 Å². The van der Waals surface area contributed by atoms with Gasteiger partial charge in [-0.1, -0.05) is 0 Å². The average molecular weight is 202 g/mol. The van der Waals surface area contributed by atoms with E-state index in [4.69, 9.17) is 10.5 Å². The van der Waals surface area contributed by atoms with Crippen LogP contribution in [-0.2, 0) is 14.3 Å². The Morgan fingerprint density at radius 2 is 1.93 bits per heavy atom. The summed E-state index contributed by atoms with van der Waals surface area (Å²) >= 11 is 0. The van der Waals surface area contributed by atoms with E-state index in [0.29, 0.717) is 0 Å². The maximum Gasteiger partial charge on any atom is 0.328 e. The van der Waals surface area contributed by atoms with E-state index in [9.17, 15) is 9.59 Å². The van der Waals surface area contributed by atoms with Crippen molar-refractivity contribution in [1.29, 1.82) is 0 Å². The van der Waals surface area contributed by atoms with E-state index >= 15 is 0 Å². The van der Waals surface area contributed by atoms with Crippen molar-refractivity contribution >= 4 is 11.9 Å². The second kappa shape index (κ2) is 4.95. The van der Waals surface area contributed by atoms with Crippen LogP contribution in [0.15, 0.2) is 0 Å². The quantitative estimate of drug-likeness (QED) is 0.620. The first-order chi connectivity index (χ1) is 6.26. The van der Waals surface area contributed by atoms with Gasteiger partial charge in [-0.25, -0.2) is 4.79 Å². The lowest BCUT2D eigenvalue weighted by molar-refractivity contribution is -0.158. The molecule has 82 valence electrons. The predicted molar refractivity (Wildman–Crippen MR) is 52.5 cm³/mol. The lowest BCUT2D eigenvalue weighted by atomic mass is 10.2. The van der Waals surface area contributed by atoms with Crippen molar-refractivity contribution in [3.05, 3.63) is 0 Å². The van der Waals surface area contributed by atoms with E-state index in [1.807, 2.05) is 0 Å². The maximum absolute atomic E-state index is 11.3. The number of nitrogens with one attached hydrogen (secondary N) is 1. The van der Waals surface area contributed by atoms with Gasteiger partial charge in [-0.05, 0) is 27.7 Å². The SMILES string of the molecule is C[C@H](NC(=O)CN)C(=O)OC(C)(C)C. The van der Waals surface area contributed by atoms with Crippen LogP contribution < -0.4 is 11.1 Å². The molecule has 1 amide bonds. The topological polar surface area (TPSA) is 81.4 Å². The van der Waals surface area contributed by atoms with Crippen LogP contribution in [0.4, 0.5) is 0 Å². The summed E-state index contributed by atoms with van der Waals surface area (Å²) < 4.78 is 5.05. The van der Waals surface area contributed by atoms with E-state index in [0.717, 1.165) is 0 Å². The molecule has 14 heavy (non-hydrogen) atoms. The zero-order valence-corrected chi connectivity index (χ0v) is 9.09. The van der Waals surface area contributed by atoms with Crippen molar-refractivity contribution in [2.24, 2.45) is 5.73 Å². The van der Waals surface area contributed by atoms with Gasteiger partial charge in [0, 0.05) is 0 Å². The Bertz CT molecular complexity index is 221. The first kappa shape index (κ1) is 12.9. The third kappa shape index (κ3) is 5.53. The van der Waals surface area contributed by atoms with E-state index in [1.54, 1.807) is 27.7 Å². The summed E-state index contributed by atoms with van der Waals surface area (Å²) in [6, 6.07) is -0.662. The second-order valence-corrected chi connectivity index (χ2v) is 4.03. The van der Waals surface area contributed by atoms with Gasteiger partial charge in [-0.2, -0.15) is 0 Å². The highest BCUT2D eigenvalue weighted by Gasteiger charge is 2.22. The first-order valence-corrected chi connectivity index (χ1v) is 4.48. The van der Waals surface area contributed by atoms with Crippen LogP contribution in [0.2, 0.25) is 0 Å². The first-order valence-electron chi connectivity index (χ1n) is 4.48. The number of carbonyl (C=O) groups is 2. The molecule has 0 heterocycles. The third-order valence-corrected chi connectivity index (χ3v) is 1.32. The lowest BCUT2D eigenvalue weighted by Gasteiger charge is -2.22. The number of nitrogens with two attached hydrogens (primary N) is 1. The summed E-state index contributed by atoms with van der Waals surface area (Å²) in [6.45, 7) is 6.72. The fraction of sp³-hybridized carbons (Fsp3) is 0.778. The van der Waals surface area contributed by atoms with Gasteiger partial charge in [0.15, 0.2) is 0 Å². The minimum absolute atomic E-state index is 0.132. The van der Waals surface area contributed by atoms with Crippen LogP contribution in [0, 0.1) is 0 Å². The molecule has 5 nitrogen and oxygen atoms in total. The molecule has 0 aromatic carbocycles. The number of hydrogen-bond acceptors (Lipinski definition) is 4. The Balaban J connectivity index is 4.07. The molecule has 0 aromatic rings. The molecule has 0 rings (SSSR count). The maximum atomic E-state index is 11.3. The largest absolute Gasteiger partial charge is 0.458 e. The molecule has 3 N–H and O–H groups in total. The molecule has 0 aliphatic rings. The molecule has 0 spiro atoms. The Hall–Kier alpha value is -1.10. The molecule has 0 aliphatic heterocycles. The highest BCUT2D eigenvalue weighted by molar-refractivity contribution is 5.85. The Labute approximate surface area is 84.0 Å². The average Bonchev–Trinajstić information content (AvgIpc) is 2.00. The summed E-state index contributed by atoms with van der Waals surface area (Å²) in [7, 11) is 0. The lowest BCUT2D eigenvalue weighted by Crippen LogP contribution is -2.44. The van der Waals surface area contributed by atoms with Gasteiger partial charge >= 0.3 is 5.97 Å². The molecule has 0 bridgehead atoms. The summed E-state index contributed by atoms with van der Waals surface area (Å²) in [5.41, 5.74) is 4.54. The van der Waals surface area contributed by atoms with Crippen LogP contribution in [0.1, 0.15) is 27.7 Å². The van der Waals surface area contributed by atoms with Crippen molar-refractivity contribution in [3.63, 3.8) is 0 Å². The molecule has 0 aliphatic carbocycles. The van der Waals surface area contributed by atoms with Gasteiger partial charge in [0.2, 0.25) is 5.91 Å². The van der Waals surface area contributed by atoms with Gasteiger partial charge in [0.05, 0.1) is 6.54 Å². The minimum atomic E-state index is -0.662. The fourth-order valence-corrected chi connectivity index (χ4v) is 0.749. The molecule has 0 saturated carbocycles. The normalized spacial score (nSPS) is 13.2. The number of hydrogen-bond donors (Lipinski definition) is 2. The number of ether oxygens (including phenoxy) is 1. The fourth-order valence-electron chi connectivity index (χ4n) is 0.749. The van der Waals surface area contributed by atoms with Gasteiger partial charge < -0.3 is 15.8 Å². The number of rotatable bonds is 3. The Kier molecular flexibility index (Phi) is 4.56. The van der Waals surface area contributed by atoms with E-state index in [-0.39, 0.29) is 12.5 Å². The number of carbonyl (C=O) groups excluding carboxylic acids is 2.